The van der Waals surface area contributed by atoms with Gasteiger partial charge in [0, 0.05) is 11.4 Å². The van der Waals surface area contributed by atoms with Crippen molar-refractivity contribution in [3.63, 3.8) is 0 Å². The first-order valence-corrected chi connectivity index (χ1v) is 7.72. The SMILES string of the molecule is CCN(Cc1ccc(Cl)s1)C(=O)c1cccc(N)c1OC. The Kier molecular flexibility index (Phi) is 5.09. The van der Waals surface area contributed by atoms with Gasteiger partial charge in [-0.05, 0) is 31.2 Å². The molecular formula is C15H17ClN2O2S. The molecule has 1 amide bonds. The van der Waals surface area contributed by atoms with Crippen molar-refractivity contribution in [3.05, 3.63) is 45.1 Å². The molecule has 6 heteroatoms. The molecule has 1 aromatic carbocycles. The monoisotopic (exact) mass is 324 g/mol. The summed E-state index contributed by atoms with van der Waals surface area (Å²) in [5.41, 5.74) is 6.79. The van der Waals surface area contributed by atoms with Crippen molar-refractivity contribution >= 4 is 34.5 Å². The van der Waals surface area contributed by atoms with E-state index in [1.54, 1.807) is 23.1 Å². The Morgan fingerprint density at radius 3 is 2.71 bits per heavy atom. The lowest BCUT2D eigenvalue weighted by Gasteiger charge is -2.21. The molecule has 1 heterocycles. The van der Waals surface area contributed by atoms with Gasteiger partial charge in [0.1, 0.15) is 0 Å². The van der Waals surface area contributed by atoms with Crippen LogP contribution in [0, 0.1) is 0 Å². The van der Waals surface area contributed by atoms with E-state index in [2.05, 4.69) is 0 Å². The second-order valence-corrected chi connectivity index (χ2v) is 6.25. The maximum absolute atomic E-state index is 12.7. The molecular weight excluding hydrogens is 308 g/mol. The van der Waals surface area contributed by atoms with Crippen molar-refractivity contribution in [1.82, 2.24) is 4.90 Å². The van der Waals surface area contributed by atoms with Gasteiger partial charge in [0.2, 0.25) is 0 Å². The summed E-state index contributed by atoms with van der Waals surface area (Å²) in [5, 5.41) is 0. The first-order chi connectivity index (χ1) is 10.1. The van der Waals surface area contributed by atoms with Gasteiger partial charge in [-0.3, -0.25) is 4.79 Å². The maximum atomic E-state index is 12.7. The summed E-state index contributed by atoms with van der Waals surface area (Å²) in [6.45, 7) is 3.04. The highest BCUT2D eigenvalue weighted by Crippen LogP contribution is 2.28. The standard InChI is InChI=1S/C15H17ClN2O2S/c1-3-18(9-10-7-8-13(16)21-10)15(19)11-5-4-6-12(17)14(11)20-2/h4-8H,3,9,17H2,1-2H3. The van der Waals surface area contributed by atoms with E-state index in [1.165, 1.54) is 18.4 Å². The number of carbonyl (C=O) groups is 1. The fourth-order valence-corrected chi connectivity index (χ4v) is 3.18. The molecule has 0 aliphatic rings. The Morgan fingerprint density at radius 1 is 1.38 bits per heavy atom. The molecule has 0 spiro atoms. The number of nitrogens with zero attached hydrogens (tertiary/aromatic N) is 1. The number of nitrogens with two attached hydrogens (primary N) is 1. The second-order valence-electron chi connectivity index (χ2n) is 4.45. The van der Waals surface area contributed by atoms with E-state index < -0.39 is 0 Å². The third-order valence-electron chi connectivity index (χ3n) is 3.12. The summed E-state index contributed by atoms with van der Waals surface area (Å²) in [4.78, 5) is 15.5. The van der Waals surface area contributed by atoms with Gasteiger partial charge >= 0.3 is 0 Å². The van der Waals surface area contributed by atoms with Crippen molar-refractivity contribution in [1.29, 1.82) is 0 Å². The predicted octanol–water partition coefficient (Wildman–Crippen LogP) is 3.65. The summed E-state index contributed by atoms with van der Waals surface area (Å²) in [5.74, 6) is 0.316. The van der Waals surface area contributed by atoms with E-state index in [4.69, 9.17) is 22.1 Å². The van der Waals surface area contributed by atoms with Gasteiger partial charge in [-0.2, -0.15) is 0 Å². The number of nitrogen functional groups attached to an aromatic ring is 1. The van der Waals surface area contributed by atoms with Crippen LogP contribution in [-0.2, 0) is 6.54 Å². The lowest BCUT2D eigenvalue weighted by atomic mass is 10.1. The minimum atomic E-state index is -0.105. The van der Waals surface area contributed by atoms with Gasteiger partial charge in [-0.15, -0.1) is 11.3 Å². The van der Waals surface area contributed by atoms with Crippen LogP contribution in [0.15, 0.2) is 30.3 Å². The van der Waals surface area contributed by atoms with Gasteiger partial charge in [0.05, 0.1) is 29.2 Å². The molecule has 0 atom stereocenters. The zero-order chi connectivity index (χ0) is 15.4. The van der Waals surface area contributed by atoms with Gasteiger partial charge in [0.25, 0.3) is 5.91 Å². The summed E-state index contributed by atoms with van der Waals surface area (Å²) in [6.07, 6.45) is 0. The van der Waals surface area contributed by atoms with Crippen LogP contribution < -0.4 is 10.5 Å². The first kappa shape index (κ1) is 15.7. The number of thiophene rings is 1. The van der Waals surface area contributed by atoms with Crippen LogP contribution in [0.1, 0.15) is 22.2 Å². The molecule has 2 rings (SSSR count). The highest BCUT2D eigenvalue weighted by Gasteiger charge is 2.20. The number of benzene rings is 1. The van der Waals surface area contributed by atoms with Crippen LogP contribution in [-0.4, -0.2) is 24.5 Å². The molecule has 2 aromatic rings. The number of halogens is 1. The average Bonchev–Trinajstić information content (AvgIpc) is 2.89. The second kappa shape index (κ2) is 6.83. The van der Waals surface area contributed by atoms with Crippen molar-refractivity contribution in [2.75, 3.05) is 19.4 Å². The molecule has 4 nitrogen and oxygen atoms in total. The third-order valence-corrected chi connectivity index (χ3v) is 4.34. The summed E-state index contributed by atoms with van der Waals surface area (Å²) < 4.78 is 5.97. The minimum absolute atomic E-state index is 0.105. The number of carbonyl (C=O) groups excluding carboxylic acids is 1. The Bertz CT molecular complexity index is 642. The van der Waals surface area contributed by atoms with Crippen LogP contribution in [0.5, 0.6) is 5.75 Å². The van der Waals surface area contributed by atoms with E-state index >= 15 is 0 Å². The number of methoxy groups -OCH3 is 1. The zero-order valence-corrected chi connectivity index (χ0v) is 13.5. The van der Waals surface area contributed by atoms with Crippen LogP contribution >= 0.6 is 22.9 Å². The molecule has 0 saturated carbocycles. The molecule has 112 valence electrons. The van der Waals surface area contributed by atoms with Gasteiger partial charge in [-0.25, -0.2) is 0 Å². The van der Waals surface area contributed by atoms with Crippen molar-refractivity contribution in [2.45, 2.75) is 13.5 Å². The van der Waals surface area contributed by atoms with Crippen molar-refractivity contribution < 1.29 is 9.53 Å². The van der Waals surface area contributed by atoms with E-state index in [1.807, 2.05) is 19.1 Å². The van der Waals surface area contributed by atoms with Crippen LogP contribution in [0.2, 0.25) is 4.34 Å². The topological polar surface area (TPSA) is 55.6 Å². The maximum Gasteiger partial charge on any atom is 0.258 e. The number of ether oxygens (including phenoxy) is 1. The molecule has 21 heavy (non-hydrogen) atoms. The first-order valence-electron chi connectivity index (χ1n) is 6.52. The summed E-state index contributed by atoms with van der Waals surface area (Å²) in [6, 6.07) is 8.95. The minimum Gasteiger partial charge on any atom is -0.494 e. The predicted molar refractivity (Wildman–Crippen MR) is 87.1 cm³/mol. The van der Waals surface area contributed by atoms with E-state index in [0.717, 1.165) is 9.21 Å². The third kappa shape index (κ3) is 3.49. The molecule has 0 unspecified atom stereocenters. The molecule has 0 bridgehead atoms. The fourth-order valence-electron chi connectivity index (χ4n) is 2.07. The Labute approximate surface area is 133 Å². The van der Waals surface area contributed by atoms with E-state index in [-0.39, 0.29) is 5.91 Å². The Balaban J connectivity index is 2.26. The van der Waals surface area contributed by atoms with Crippen LogP contribution in [0.4, 0.5) is 5.69 Å². The number of anilines is 1. The number of amides is 1. The molecule has 0 radical (unpaired) electrons. The molecule has 0 aliphatic heterocycles. The van der Waals surface area contributed by atoms with E-state index in [9.17, 15) is 4.79 Å². The smallest absolute Gasteiger partial charge is 0.258 e. The number of para-hydroxylation sites is 1. The lowest BCUT2D eigenvalue weighted by Crippen LogP contribution is -2.30. The highest BCUT2D eigenvalue weighted by atomic mass is 35.5. The molecule has 0 fully saturated rings. The van der Waals surface area contributed by atoms with Crippen molar-refractivity contribution in [3.8, 4) is 5.75 Å². The van der Waals surface area contributed by atoms with Gasteiger partial charge < -0.3 is 15.4 Å². The van der Waals surface area contributed by atoms with Crippen LogP contribution in [0.25, 0.3) is 0 Å². The number of hydrogen-bond donors (Lipinski definition) is 1. The number of rotatable bonds is 5. The normalized spacial score (nSPS) is 10.4. The highest BCUT2D eigenvalue weighted by molar-refractivity contribution is 7.16. The van der Waals surface area contributed by atoms with Crippen LogP contribution in [0.3, 0.4) is 0 Å². The van der Waals surface area contributed by atoms with Gasteiger partial charge in [0.15, 0.2) is 5.75 Å². The molecule has 2 N–H and O–H groups in total. The zero-order valence-electron chi connectivity index (χ0n) is 11.9. The lowest BCUT2D eigenvalue weighted by molar-refractivity contribution is 0.0751. The Morgan fingerprint density at radius 2 is 2.14 bits per heavy atom. The number of hydrogen-bond acceptors (Lipinski definition) is 4. The Hall–Kier alpha value is -1.72. The quantitative estimate of drug-likeness (QED) is 0.854. The fraction of sp³-hybridized carbons (Fsp3) is 0.267. The summed E-state index contributed by atoms with van der Waals surface area (Å²) in [7, 11) is 1.51. The average molecular weight is 325 g/mol. The molecule has 0 saturated heterocycles. The largest absolute Gasteiger partial charge is 0.494 e. The van der Waals surface area contributed by atoms with E-state index in [0.29, 0.717) is 30.1 Å². The van der Waals surface area contributed by atoms with Crippen molar-refractivity contribution in [2.24, 2.45) is 0 Å². The van der Waals surface area contributed by atoms with Gasteiger partial charge in [-0.1, -0.05) is 17.7 Å². The molecule has 0 aliphatic carbocycles. The molecule has 1 aromatic heterocycles. The summed E-state index contributed by atoms with van der Waals surface area (Å²) >= 11 is 7.40.